The number of hydrogen-bond acceptors (Lipinski definition) is 1. The molecule has 1 aliphatic carbocycles. The van der Waals surface area contributed by atoms with E-state index < -0.39 is 0 Å². The van der Waals surface area contributed by atoms with Crippen molar-refractivity contribution in [1.29, 1.82) is 0 Å². The standard InChI is InChI=1S/C13H18O/c1-9-5-3-6-11(10(9)2)12-7-4-8-13(12)14/h3,5-6,12-14H,4,7-8H2,1-2H3/t12-,13+/m1/s1. The van der Waals surface area contributed by atoms with Crippen LogP contribution in [0.1, 0.15) is 41.9 Å². The van der Waals surface area contributed by atoms with Crippen LogP contribution in [0.15, 0.2) is 18.2 Å². The molecule has 1 fully saturated rings. The maximum absolute atomic E-state index is 9.86. The molecule has 1 nitrogen and oxygen atoms in total. The Labute approximate surface area is 85.8 Å². The summed E-state index contributed by atoms with van der Waals surface area (Å²) in [5.41, 5.74) is 4.05. The summed E-state index contributed by atoms with van der Waals surface area (Å²) in [6, 6.07) is 6.41. The molecule has 0 amide bonds. The summed E-state index contributed by atoms with van der Waals surface area (Å²) in [6.45, 7) is 4.30. The predicted octanol–water partition coefficient (Wildman–Crippen LogP) is 2.93. The first-order chi connectivity index (χ1) is 6.70. The van der Waals surface area contributed by atoms with Crippen molar-refractivity contribution in [2.45, 2.75) is 45.1 Å². The third-order valence-corrected chi connectivity index (χ3v) is 3.53. The lowest BCUT2D eigenvalue weighted by Gasteiger charge is -2.18. The van der Waals surface area contributed by atoms with Gasteiger partial charge in [-0.1, -0.05) is 24.6 Å². The Hall–Kier alpha value is -0.820. The van der Waals surface area contributed by atoms with Gasteiger partial charge in [0.15, 0.2) is 0 Å². The summed E-state index contributed by atoms with van der Waals surface area (Å²) in [5, 5.41) is 9.86. The second-order valence-corrected chi connectivity index (χ2v) is 4.39. The molecule has 1 N–H and O–H groups in total. The smallest absolute Gasteiger partial charge is 0.0608 e. The molecule has 2 rings (SSSR count). The van der Waals surface area contributed by atoms with Crippen LogP contribution in [0, 0.1) is 13.8 Å². The molecule has 76 valence electrons. The van der Waals surface area contributed by atoms with Gasteiger partial charge in [-0.3, -0.25) is 0 Å². The van der Waals surface area contributed by atoms with Gasteiger partial charge in [0.1, 0.15) is 0 Å². The Morgan fingerprint density at radius 1 is 1.21 bits per heavy atom. The molecule has 1 heteroatoms. The summed E-state index contributed by atoms with van der Waals surface area (Å²) in [4.78, 5) is 0. The first-order valence-corrected chi connectivity index (χ1v) is 5.44. The van der Waals surface area contributed by atoms with Gasteiger partial charge in [0.2, 0.25) is 0 Å². The van der Waals surface area contributed by atoms with Crippen molar-refractivity contribution in [3.8, 4) is 0 Å². The second kappa shape index (κ2) is 3.74. The van der Waals surface area contributed by atoms with E-state index in [4.69, 9.17) is 0 Å². The van der Waals surface area contributed by atoms with E-state index in [9.17, 15) is 5.11 Å². The molecule has 14 heavy (non-hydrogen) atoms. The highest BCUT2D eigenvalue weighted by atomic mass is 16.3. The van der Waals surface area contributed by atoms with Crippen LogP contribution in [0.25, 0.3) is 0 Å². The Morgan fingerprint density at radius 3 is 2.64 bits per heavy atom. The Bertz CT molecular complexity index is 330. The molecule has 0 bridgehead atoms. The summed E-state index contributed by atoms with van der Waals surface area (Å²) < 4.78 is 0. The van der Waals surface area contributed by atoms with Gasteiger partial charge >= 0.3 is 0 Å². The van der Waals surface area contributed by atoms with E-state index in [-0.39, 0.29) is 6.10 Å². The maximum Gasteiger partial charge on any atom is 0.0608 e. The highest BCUT2D eigenvalue weighted by Gasteiger charge is 2.27. The fourth-order valence-electron chi connectivity index (χ4n) is 2.48. The third-order valence-electron chi connectivity index (χ3n) is 3.53. The van der Waals surface area contributed by atoms with Gasteiger partial charge in [0, 0.05) is 5.92 Å². The average molecular weight is 190 g/mol. The highest BCUT2D eigenvalue weighted by molar-refractivity contribution is 5.36. The van der Waals surface area contributed by atoms with Crippen LogP contribution >= 0.6 is 0 Å². The van der Waals surface area contributed by atoms with Crippen molar-refractivity contribution in [3.05, 3.63) is 34.9 Å². The minimum absolute atomic E-state index is 0.115. The van der Waals surface area contributed by atoms with Crippen LogP contribution in [0.4, 0.5) is 0 Å². The van der Waals surface area contributed by atoms with Gasteiger partial charge in [-0.05, 0) is 43.4 Å². The lowest BCUT2D eigenvalue weighted by molar-refractivity contribution is 0.163. The third kappa shape index (κ3) is 1.57. The molecule has 0 heterocycles. The van der Waals surface area contributed by atoms with Crippen molar-refractivity contribution in [3.63, 3.8) is 0 Å². The predicted molar refractivity (Wildman–Crippen MR) is 58.5 cm³/mol. The fourth-order valence-corrected chi connectivity index (χ4v) is 2.48. The zero-order valence-corrected chi connectivity index (χ0v) is 8.96. The van der Waals surface area contributed by atoms with E-state index in [0.717, 1.165) is 12.8 Å². The van der Waals surface area contributed by atoms with E-state index in [1.54, 1.807) is 0 Å². The van der Waals surface area contributed by atoms with E-state index >= 15 is 0 Å². The average Bonchev–Trinajstić information content (AvgIpc) is 2.57. The zero-order valence-electron chi connectivity index (χ0n) is 8.96. The van der Waals surface area contributed by atoms with E-state index in [1.807, 2.05) is 0 Å². The van der Waals surface area contributed by atoms with Crippen molar-refractivity contribution in [2.24, 2.45) is 0 Å². The van der Waals surface area contributed by atoms with Crippen molar-refractivity contribution < 1.29 is 5.11 Å². The Balaban J connectivity index is 2.36. The van der Waals surface area contributed by atoms with Gasteiger partial charge in [-0.25, -0.2) is 0 Å². The lowest BCUT2D eigenvalue weighted by Crippen LogP contribution is -2.12. The van der Waals surface area contributed by atoms with Crippen molar-refractivity contribution >= 4 is 0 Å². The Kier molecular flexibility index (Phi) is 2.60. The molecule has 0 unspecified atom stereocenters. The molecule has 1 aromatic rings. The van der Waals surface area contributed by atoms with Gasteiger partial charge < -0.3 is 5.11 Å². The molecule has 0 spiro atoms. The van der Waals surface area contributed by atoms with Crippen LogP contribution in [0.3, 0.4) is 0 Å². The number of hydrogen-bond donors (Lipinski definition) is 1. The van der Waals surface area contributed by atoms with Crippen LogP contribution in [-0.2, 0) is 0 Å². The molecule has 1 aromatic carbocycles. The minimum Gasteiger partial charge on any atom is -0.392 e. The normalized spacial score (nSPS) is 26.8. The van der Waals surface area contributed by atoms with E-state index in [1.165, 1.54) is 23.1 Å². The van der Waals surface area contributed by atoms with Gasteiger partial charge in [0.05, 0.1) is 6.10 Å². The molecule has 0 aromatic heterocycles. The van der Waals surface area contributed by atoms with Crippen LogP contribution < -0.4 is 0 Å². The van der Waals surface area contributed by atoms with Gasteiger partial charge in [0.25, 0.3) is 0 Å². The van der Waals surface area contributed by atoms with Crippen molar-refractivity contribution in [1.82, 2.24) is 0 Å². The number of aliphatic hydroxyl groups is 1. The van der Waals surface area contributed by atoms with E-state index in [0.29, 0.717) is 5.92 Å². The zero-order chi connectivity index (χ0) is 10.1. The lowest BCUT2D eigenvalue weighted by atomic mass is 9.90. The Morgan fingerprint density at radius 2 is 2.00 bits per heavy atom. The molecular weight excluding hydrogens is 172 g/mol. The van der Waals surface area contributed by atoms with Gasteiger partial charge in [-0.15, -0.1) is 0 Å². The minimum atomic E-state index is -0.115. The van der Waals surface area contributed by atoms with E-state index in [2.05, 4.69) is 32.0 Å². The molecule has 0 saturated heterocycles. The fraction of sp³-hybridized carbons (Fsp3) is 0.538. The SMILES string of the molecule is Cc1cccc([C@H]2CCC[C@@H]2O)c1C. The summed E-state index contributed by atoms with van der Waals surface area (Å²) in [7, 11) is 0. The van der Waals surface area contributed by atoms with Crippen LogP contribution in [0.5, 0.6) is 0 Å². The largest absolute Gasteiger partial charge is 0.392 e. The number of aryl methyl sites for hydroxylation is 1. The molecule has 0 radical (unpaired) electrons. The molecule has 2 atom stereocenters. The second-order valence-electron chi connectivity index (χ2n) is 4.39. The number of rotatable bonds is 1. The molecule has 1 saturated carbocycles. The summed E-state index contributed by atoms with van der Waals surface area (Å²) in [5.74, 6) is 0.384. The summed E-state index contributed by atoms with van der Waals surface area (Å²) >= 11 is 0. The molecule has 1 aliphatic rings. The molecular formula is C13H18O. The first kappa shape index (κ1) is 9.72. The topological polar surface area (TPSA) is 20.2 Å². The van der Waals surface area contributed by atoms with Gasteiger partial charge in [-0.2, -0.15) is 0 Å². The quantitative estimate of drug-likeness (QED) is 0.722. The monoisotopic (exact) mass is 190 g/mol. The summed E-state index contributed by atoms with van der Waals surface area (Å²) in [6.07, 6.45) is 3.17. The molecule has 0 aliphatic heterocycles. The number of benzene rings is 1. The van der Waals surface area contributed by atoms with Crippen molar-refractivity contribution in [2.75, 3.05) is 0 Å². The maximum atomic E-state index is 9.86. The number of aliphatic hydroxyl groups excluding tert-OH is 1. The van der Waals surface area contributed by atoms with Crippen LogP contribution in [-0.4, -0.2) is 11.2 Å². The highest BCUT2D eigenvalue weighted by Crippen LogP contribution is 2.36. The van der Waals surface area contributed by atoms with Crippen LogP contribution in [0.2, 0.25) is 0 Å². The first-order valence-electron chi connectivity index (χ1n) is 5.44.